The molecule has 0 unspecified atom stereocenters. The van der Waals surface area contributed by atoms with Gasteiger partial charge in [-0.1, -0.05) is 18.7 Å². The number of amides is 1. The van der Waals surface area contributed by atoms with E-state index in [1.165, 1.54) is 12.8 Å². The molecule has 1 saturated carbocycles. The Morgan fingerprint density at radius 3 is 2.32 bits per heavy atom. The Hall–Kier alpha value is -1.10. The van der Waals surface area contributed by atoms with E-state index in [9.17, 15) is 4.79 Å². The van der Waals surface area contributed by atoms with Crippen LogP contribution in [0.4, 0.5) is 0 Å². The smallest absolute Gasteiger partial charge is 0.220 e. The summed E-state index contributed by atoms with van der Waals surface area (Å²) in [6.07, 6.45) is 7.93. The van der Waals surface area contributed by atoms with Crippen molar-refractivity contribution in [3.05, 3.63) is 17.0 Å². The average Bonchev–Trinajstić information content (AvgIpc) is 2.48. The minimum absolute atomic E-state index is 0.160. The summed E-state index contributed by atoms with van der Waals surface area (Å²) in [6.45, 7) is 6.30. The van der Waals surface area contributed by atoms with Gasteiger partial charge in [0.15, 0.2) is 5.16 Å². The van der Waals surface area contributed by atoms with Gasteiger partial charge in [-0.3, -0.25) is 4.79 Å². The van der Waals surface area contributed by atoms with Crippen LogP contribution in [0.15, 0.2) is 5.16 Å². The minimum Gasteiger partial charge on any atom is -0.353 e. The predicted octanol–water partition coefficient (Wildman–Crippen LogP) is 3.44. The highest BCUT2D eigenvalue weighted by atomic mass is 32.2. The van der Waals surface area contributed by atoms with Crippen LogP contribution in [-0.2, 0) is 11.2 Å². The number of carbonyl (C=O) groups excluding carboxylic acids is 1. The largest absolute Gasteiger partial charge is 0.353 e. The number of carbonyl (C=O) groups is 1. The third-order valence-electron chi connectivity index (χ3n) is 4.57. The Morgan fingerprint density at radius 1 is 1.18 bits per heavy atom. The molecule has 1 N–H and O–H groups in total. The normalized spacial score (nSPS) is 21.6. The summed E-state index contributed by atoms with van der Waals surface area (Å²) < 4.78 is 0. The van der Waals surface area contributed by atoms with Crippen molar-refractivity contribution < 1.29 is 4.79 Å². The zero-order valence-electron chi connectivity index (χ0n) is 14.1. The zero-order valence-corrected chi connectivity index (χ0v) is 14.9. The van der Waals surface area contributed by atoms with Gasteiger partial charge in [0.2, 0.25) is 5.91 Å². The van der Waals surface area contributed by atoms with Crippen molar-refractivity contribution in [1.82, 2.24) is 15.3 Å². The lowest BCUT2D eigenvalue weighted by Crippen LogP contribution is -2.37. The van der Waals surface area contributed by atoms with Gasteiger partial charge in [0.05, 0.1) is 0 Å². The molecule has 1 aliphatic carbocycles. The van der Waals surface area contributed by atoms with E-state index in [-0.39, 0.29) is 5.91 Å². The molecular formula is C17H27N3OS. The number of hydrogen-bond donors (Lipinski definition) is 1. The third kappa shape index (κ3) is 4.70. The molecule has 2 rings (SSSR count). The zero-order chi connectivity index (χ0) is 16.1. The van der Waals surface area contributed by atoms with Gasteiger partial charge >= 0.3 is 0 Å². The lowest BCUT2D eigenvalue weighted by atomic mass is 9.87. The van der Waals surface area contributed by atoms with E-state index in [0.717, 1.165) is 47.3 Å². The molecule has 0 saturated heterocycles. The molecular weight excluding hydrogens is 294 g/mol. The van der Waals surface area contributed by atoms with Gasteiger partial charge in [0.1, 0.15) is 0 Å². The first-order valence-electron chi connectivity index (χ1n) is 8.17. The van der Waals surface area contributed by atoms with Crippen LogP contribution in [-0.4, -0.2) is 28.2 Å². The fourth-order valence-electron chi connectivity index (χ4n) is 3.10. The van der Waals surface area contributed by atoms with Crippen molar-refractivity contribution in [2.45, 2.75) is 70.5 Å². The van der Waals surface area contributed by atoms with Crippen LogP contribution in [0.5, 0.6) is 0 Å². The minimum atomic E-state index is 0.160. The Bertz CT molecular complexity index is 502. The molecule has 4 nitrogen and oxygen atoms in total. The predicted molar refractivity (Wildman–Crippen MR) is 91.2 cm³/mol. The lowest BCUT2D eigenvalue weighted by Gasteiger charge is -2.27. The van der Waals surface area contributed by atoms with E-state index in [1.54, 1.807) is 11.8 Å². The number of nitrogens with zero attached hydrogens (tertiary/aromatic N) is 2. The molecule has 1 fully saturated rings. The van der Waals surface area contributed by atoms with Crippen LogP contribution in [0.2, 0.25) is 0 Å². The maximum absolute atomic E-state index is 12.2. The highest BCUT2D eigenvalue weighted by Gasteiger charge is 2.20. The average molecular weight is 321 g/mol. The number of rotatable bonds is 5. The number of hydrogen-bond acceptors (Lipinski definition) is 4. The summed E-state index contributed by atoms with van der Waals surface area (Å²) in [4.78, 5) is 21.1. The van der Waals surface area contributed by atoms with Gasteiger partial charge in [-0.15, -0.1) is 0 Å². The van der Waals surface area contributed by atoms with E-state index < -0.39 is 0 Å². The molecule has 0 atom stereocenters. The van der Waals surface area contributed by atoms with Gasteiger partial charge in [0.25, 0.3) is 0 Å². The van der Waals surface area contributed by atoms with Crippen molar-refractivity contribution in [3.8, 4) is 0 Å². The summed E-state index contributed by atoms with van der Waals surface area (Å²) in [5.74, 6) is 0.970. The molecule has 1 heterocycles. The molecule has 22 heavy (non-hydrogen) atoms. The fraction of sp³-hybridized carbons (Fsp3) is 0.706. The molecule has 1 aliphatic rings. The van der Waals surface area contributed by atoms with Crippen molar-refractivity contribution in [2.24, 2.45) is 5.92 Å². The second-order valence-electron chi connectivity index (χ2n) is 6.38. The Kier molecular flexibility index (Phi) is 6.24. The van der Waals surface area contributed by atoms with E-state index in [4.69, 9.17) is 0 Å². The molecule has 1 aromatic rings. The molecule has 0 aromatic carbocycles. The Balaban J connectivity index is 1.86. The summed E-state index contributed by atoms with van der Waals surface area (Å²) in [5, 5.41) is 3.99. The Labute approximate surface area is 137 Å². The molecule has 1 aromatic heterocycles. The highest BCUT2D eigenvalue weighted by Crippen LogP contribution is 2.23. The maximum Gasteiger partial charge on any atom is 0.220 e. The summed E-state index contributed by atoms with van der Waals surface area (Å²) in [5.41, 5.74) is 3.11. The summed E-state index contributed by atoms with van der Waals surface area (Å²) in [6, 6.07) is 0.376. The molecule has 0 spiro atoms. The number of nitrogens with one attached hydrogen (secondary N) is 1. The lowest BCUT2D eigenvalue weighted by molar-refractivity contribution is -0.122. The third-order valence-corrected chi connectivity index (χ3v) is 5.11. The molecule has 122 valence electrons. The number of thioether (sulfide) groups is 1. The van der Waals surface area contributed by atoms with E-state index in [1.807, 2.05) is 20.1 Å². The number of aromatic nitrogens is 2. The van der Waals surface area contributed by atoms with E-state index in [0.29, 0.717) is 12.5 Å². The van der Waals surface area contributed by atoms with Crippen molar-refractivity contribution >= 4 is 17.7 Å². The topological polar surface area (TPSA) is 54.9 Å². The van der Waals surface area contributed by atoms with Gasteiger partial charge in [-0.05, 0) is 63.7 Å². The first-order chi connectivity index (χ1) is 10.5. The van der Waals surface area contributed by atoms with Crippen molar-refractivity contribution in [2.75, 3.05) is 6.26 Å². The highest BCUT2D eigenvalue weighted by molar-refractivity contribution is 7.98. The fourth-order valence-corrected chi connectivity index (χ4v) is 3.56. The first-order valence-corrected chi connectivity index (χ1v) is 9.39. The van der Waals surface area contributed by atoms with Crippen LogP contribution in [0, 0.1) is 19.8 Å². The van der Waals surface area contributed by atoms with Crippen LogP contribution < -0.4 is 5.32 Å². The van der Waals surface area contributed by atoms with E-state index >= 15 is 0 Å². The SMILES string of the molecule is CSc1nc(C)c(CCC(=O)NC2CCC(C)CC2)c(C)n1. The van der Waals surface area contributed by atoms with Gasteiger partial charge < -0.3 is 5.32 Å². The van der Waals surface area contributed by atoms with Crippen molar-refractivity contribution in [1.29, 1.82) is 0 Å². The van der Waals surface area contributed by atoms with Crippen LogP contribution in [0.25, 0.3) is 0 Å². The second kappa shape index (κ2) is 7.95. The molecule has 1 amide bonds. The van der Waals surface area contributed by atoms with Gasteiger partial charge in [-0.25, -0.2) is 9.97 Å². The van der Waals surface area contributed by atoms with Crippen LogP contribution >= 0.6 is 11.8 Å². The quantitative estimate of drug-likeness (QED) is 0.667. The molecule has 0 radical (unpaired) electrons. The Morgan fingerprint density at radius 2 is 1.77 bits per heavy atom. The van der Waals surface area contributed by atoms with E-state index in [2.05, 4.69) is 22.2 Å². The van der Waals surface area contributed by atoms with Gasteiger partial charge in [0, 0.05) is 23.9 Å². The van der Waals surface area contributed by atoms with Gasteiger partial charge in [-0.2, -0.15) is 0 Å². The standard InChI is InChI=1S/C17H27N3OS/c1-11-5-7-14(8-6-11)20-16(21)10-9-15-12(2)18-17(22-4)19-13(15)3/h11,14H,5-10H2,1-4H3,(H,20,21). The van der Waals surface area contributed by atoms with Crippen LogP contribution in [0.3, 0.4) is 0 Å². The molecule has 5 heteroatoms. The van der Waals surface area contributed by atoms with Crippen molar-refractivity contribution in [3.63, 3.8) is 0 Å². The molecule has 0 aliphatic heterocycles. The van der Waals surface area contributed by atoms with Crippen LogP contribution in [0.1, 0.15) is 56.0 Å². The summed E-state index contributed by atoms with van der Waals surface area (Å²) in [7, 11) is 0. The second-order valence-corrected chi connectivity index (χ2v) is 7.16. The number of aryl methyl sites for hydroxylation is 2. The molecule has 0 bridgehead atoms. The monoisotopic (exact) mass is 321 g/mol. The first kappa shape index (κ1) is 17.3. The summed E-state index contributed by atoms with van der Waals surface area (Å²) >= 11 is 1.55. The maximum atomic E-state index is 12.2.